The molecule has 4 aromatic carbocycles. The molecule has 0 aliphatic rings. The van der Waals surface area contributed by atoms with E-state index < -0.39 is 0 Å². The molecule has 0 unspecified atom stereocenters. The third kappa shape index (κ3) is 8.82. The normalized spacial score (nSPS) is 10.3. The zero-order valence-electron chi connectivity index (χ0n) is 17.1. The van der Waals surface area contributed by atoms with Gasteiger partial charge in [-0.25, -0.2) is 0 Å². The van der Waals surface area contributed by atoms with E-state index >= 15 is 0 Å². The molecule has 35 heavy (non-hydrogen) atoms. The molecule has 0 aliphatic heterocycles. The molecule has 4 aromatic rings. The van der Waals surface area contributed by atoms with E-state index in [9.17, 15) is 0 Å². The van der Waals surface area contributed by atoms with E-state index in [0.29, 0.717) is 0 Å². The lowest BCUT2D eigenvalue weighted by Crippen LogP contribution is -1.84. The van der Waals surface area contributed by atoms with E-state index in [1.54, 1.807) is 0 Å². The van der Waals surface area contributed by atoms with Crippen molar-refractivity contribution in [2.75, 3.05) is 0 Å². The first-order chi connectivity index (χ1) is 16.0. The maximum Gasteiger partial charge on any atom is 0.0329 e. The second-order valence-corrected chi connectivity index (χ2v) is 15.4. The SMILES string of the molecule is Brc1ccc(-c2cc(Br)c(Br)cc2Br)c(Br)c1.Brc1ccc(-c2cc(Br)c(Br)cc2Br)c(Br)c1.O. The third-order valence-corrected chi connectivity index (χ3v) is 11.8. The smallest absolute Gasteiger partial charge is 0.0329 e. The van der Waals surface area contributed by atoms with Crippen LogP contribution in [0.3, 0.4) is 0 Å². The highest BCUT2D eigenvalue weighted by atomic mass is 79.9. The zero-order chi connectivity index (χ0) is 25.2. The number of benzene rings is 4. The van der Waals surface area contributed by atoms with Crippen molar-refractivity contribution in [2.24, 2.45) is 0 Å². The minimum absolute atomic E-state index is 0. The summed E-state index contributed by atoms with van der Waals surface area (Å²) < 4.78 is 10.5. The lowest BCUT2D eigenvalue weighted by atomic mass is 10.1. The molecule has 184 valence electrons. The summed E-state index contributed by atoms with van der Waals surface area (Å²) in [5.74, 6) is 0. The Balaban J connectivity index is 0.000000240. The van der Waals surface area contributed by atoms with Gasteiger partial charge in [0.1, 0.15) is 0 Å². The molecular formula is C24H12Br10O. The van der Waals surface area contributed by atoms with Crippen molar-refractivity contribution >= 4 is 159 Å². The summed E-state index contributed by atoms with van der Waals surface area (Å²) >= 11 is 35.3. The Morgan fingerprint density at radius 2 is 0.571 bits per heavy atom. The van der Waals surface area contributed by atoms with Crippen molar-refractivity contribution in [3.8, 4) is 22.3 Å². The molecule has 11 heteroatoms. The summed E-state index contributed by atoms with van der Waals surface area (Å²) in [6.45, 7) is 0. The van der Waals surface area contributed by atoms with Crippen LogP contribution in [0.1, 0.15) is 0 Å². The van der Waals surface area contributed by atoms with Crippen LogP contribution in [-0.4, -0.2) is 5.48 Å². The Morgan fingerprint density at radius 3 is 0.886 bits per heavy atom. The van der Waals surface area contributed by atoms with E-state index in [0.717, 1.165) is 67.0 Å². The maximum absolute atomic E-state index is 3.59. The van der Waals surface area contributed by atoms with Crippen LogP contribution >= 0.6 is 159 Å². The fraction of sp³-hybridized carbons (Fsp3) is 0. The van der Waals surface area contributed by atoms with Crippen LogP contribution in [-0.2, 0) is 0 Å². The summed E-state index contributed by atoms with van der Waals surface area (Å²) in [7, 11) is 0. The highest BCUT2D eigenvalue weighted by Gasteiger charge is 2.11. The standard InChI is InChI=1S/2C12H5Br5.H2O/c2*13-6-1-2-7(9(14)3-6)8-4-11(16)12(17)5-10(8)15;/h2*1-5H;1H2. The predicted molar refractivity (Wildman–Crippen MR) is 184 cm³/mol. The highest BCUT2D eigenvalue weighted by Crippen LogP contribution is 2.40. The van der Waals surface area contributed by atoms with Crippen molar-refractivity contribution < 1.29 is 5.48 Å². The summed E-state index contributed by atoms with van der Waals surface area (Å²) in [6.07, 6.45) is 0. The fourth-order valence-electron chi connectivity index (χ4n) is 2.87. The van der Waals surface area contributed by atoms with E-state index in [1.165, 1.54) is 0 Å². The third-order valence-electron chi connectivity index (χ3n) is 4.46. The molecule has 4 rings (SSSR count). The molecule has 0 radical (unpaired) electrons. The quantitative estimate of drug-likeness (QED) is 0.179. The summed E-state index contributed by atoms with van der Waals surface area (Å²) in [6, 6.07) is 20.5. The Morgan fingerprint density at radius 1 is 0.286 bits per heavy atom. The second-order valence-electron chi connectivity index (χ2n) is 6.74. The average molecular weight is 1120 g/mol. The number of halogens is 10. The number of hydrogen-bond donors (Lipinski definition) is 0. The van der Waals surface area contributed by atoms with Gasteiger partial charge in [0, 0.05) is 44.7 Å². The van der Waals surface area contributed by atoms with Gasteiger partial charge in [0.05, 0.1) is 0 Å². The van der Waals surface area contributed by atoms with Crippen molar-refractivity contribution in [1.82, 2.24) is 0 Å². The molecule has 0 spiro atoms. The van der Waals surface area contributed by atoms with E-state index in [1.807, 2.05) is 36.4 Å². The Bertz CT molecular complexity index is 1270. The first-order valence-corrected chi connectivity index (χ1v) is 17.1. The van der Waals surface area contributed by atoms with Crippen LogP contribution in [0, 0.1) is 0 Å². The molecule has 0 bridgehead atoms. The molecule has 1 nitrogen and oxygen atoms in total. The molecule has 0 saturated carbocycles. The van der Waals surface area contributed by atoms with E-state index in [-0.39, 0.29) is 5.48 Å². The van der Waals surface area contributed by atoms with Crippen LogP contribution in [0.4, 0.5) is 0 Å². The maximum atomic E-state index is 3.59. The van der Waals surface area contributed by atoms with E-state index in [4.69, 9.17) is 0 Å². The summed E-state index contributed by atoms with van der Waals surface area (Å²) in [4.78, 5) is 0. The molecule has 0 heterocycles. The molecule has 0 fully saturated rings. The predicted octanol–water partition coefficient (Wildman–Crippen LogP) is 13.5. The van der Waals surface area contributed by atoms with Gasteiger partial charge >= 0.3 is 0 Å². The zero-order valence-corrected chi connectivity index (χ0v) is 32.9. The van der Waals surface area contributed by atoms with Gasteiger partial charge in [-0.3, -0.25) is 0 Å². The lowest BCUT2D eigenvalue weighted by molar-refractivity contribution is 0.824. The molecule has 0 aliphatic carbocycles. The van der Waals surface area contributed by atoms with Crippen LogP contribution in [0.15, 0.2) is 105 Å². The van der Waals surface area contributed by atoms with E-state index in [2.05, 4.69) is 184 Å². The molecule has 0 amide bonds. The number of hydrogen-bond acceptors (Lipinski definition) is 0. The highest BCUT2D eigenvalue weighted by molar-refractivity contribution is 9.14. The topological polar surface area (TPSA) is 31.5 Å². The van der Waals surface area contributed by atoms with Gasteiger partial charge in [-0.1, -0.05) is 108 Å². The molecule has 0 aromatic heterocycles. The van der Waals surface area contributed by atoms with Gasteiger partial charge in [-0.2, -0.15) is 0 Å². The first-order valence-electron chi connectivity index (χ1n) is 9.18. The minimum Gasteiger partial charge on any atom is -0.412 e. The number of rotatable bonds is 2. The van der Waals surface area contributed by atoms with Gasteiger partial charge in [0.25, 0.3) is 0 Å². The van der Waals surface area contributed by atoms with Crippen LogP contribution < -0.4 is 0 Å². The van der Waals surface area contributed by atoms with Gasteiger partial charge in [-0.05, 0) is 135 Å². The Kier molecular flexibility index (Phi) is 14.0. The molecule has 0 atom stereocenters. The second kappa shape index (κ2) is 14.9. The summed E-state index contributed by atoms with van der Waals surface area (Å²) in [5.41, 5.74) is 4.57. The van der Waals surface area contributed by atoms with Crippen LogP contribution in [0.5, 0.6) is 0 Å². The van der Waals surface area contributed by atoms with Gasteiger partial charge in [0.15, 0.2) is 0 Å². The fourth-order valence-corrected chi connectivity index (χ4v) is 8.50. The van der Waals surface area contributed by atoms with Crippen molar-refractivity contribution in [3.63, 3.8) is 0 Å². The Labute approximate surface area is 288 Å². The minimum atomic E-state index is 0. The molecular weight excluding hydrogens is 1100 g/mol. The first kappa shape index (κ1) is 32.8. The van der Waals surface area contributed by atoms with Crippen LogP contribution in [0.25, 0.3) is 22.3 Å². The largest absolute Gasteiger partial charge is 0.412 e. The average Bonchev–Trinajstić information content (AvgIpc) is 2.75. The van der Waals surface area contributed by atoms with Gasteiger partial charge < -0.3 is 5.48 Å². The molecule has 0 saturated heterocycles. The van der Waals surface area contributed by atoms with Gasteiger partial charge in [0.2, 0.25) is 0 Å². The van der Waals surface area contributed by atoms with Crippen molar-refractivity contribution in [1.29, 1.82) is 0 Å². The Hall–Kier alpha value is 1.64. The van der Waals surface area contributed by atoms with Gasteiger partial charge in [-0.15, -0.1) is 0 Å². The van der Waals surface area contributed by atoms with Crippen LogP contribution in [0.2, 0.25) is 0 Å². The molecule has 2 N–H and O–H groups in total. The monoisotopic (exact) mass is 1110 g/mol. The van der Waals surface area contributed by atoms with Crippen molar-refractivity contribution in [3.05, 3.63) is 105 Å². The van der Waals surface area contributed by atoms with Crippen molar-refractivity contribution in [2.45, 2.75) is 0 Å². The summed E-state index contributed by atoms with van der Waals surface area (Å²) in [5, 5.41) is 0. The lowest BCUT2D eigenvalue weighted by Gasteiger charge is -2.09.